The smallest absolute Gasteiger partial charge is 0.341 e. The average molecular weight is 457 g/mol. The number of carbonyl (C=O) groups excluding carboxylic acids is 3. The van der Waals surface area contributed by atoms with Gasteiger partial charge >= 0.3 is 5.97 Å². The molecule has 156 valence electrons. The number of sulfone groups is 1. The number of esters is 1. The van der Waals surface area contributed by atoms with Crippen LogP contribution in [-0.2, 0) is 31.5 Å². The molecule has 2 N–H and O–H groups in total. The Kier molecular flexibility index (Phi) is 6.70. The van der Waals surface area contributed by atoms with E-state index in [-0.39, 0.29) is 54.9 Å². The maximum atomic E-state index is 12.4. The third kappa shape index (κ3) is 5.22. The van der Waals surface area contributed by atoms with Gasteiger partial charge in [-0.2, -0.15) is 0 Å². The van der Waals surface area contributed by atoms with Crippen LogP contribution in [-0.4, -0.2) is 45.1 Å². The molecule has 0 radical (unpaired) electrons. The highest BCUT2D eigenvalue weighted by molar-refractivity contribution is 7.90. The fraction of sp³-hybridized carbons (Fsp3) is 0.389. The lowest BCUT2D eigenvalue weighted by atomic mass is 10.1. The molecule has 0 saturated heterocycles. The van der Waals surface area contributed by atoms with Gasteiger partial charge in [-0.25, -0.2) is 13.2 Å². The van der Waals surface area contributed by atoms with Gasteiger partial charge in [0, 0.05) is 17.8 Å². The lowest BCUT2D eigenvalue weighted by Crippen LogP contribution is -2.27. The van der Waals surface area contributed by atoms with Gasteiger partial charge in [-0.1, -0.05) is 6.07 Å². The van der Waals surface area contributed by atoms with Crippen molar-refractivity contribution in [3.05, 3.63) is 38.4 Å². The Hall–Kier alpha value is -2.24. The summed E-state index contributed by atoms with van der Waals surface area (Å²) in [5.74, 6) is -1.40. The molecule has 1 aliphatic rings. The van der Waals surface area contributed by atoms with Crippen molar-refractivity contribution in [1.82, 2.24) is 5.32 Å². The molecule has 2 aromatic rings. The van der Waals surface area contributed by atoms with E-state index in [9.17, 15) is 22.8 Å². The summed E-state index contributed by atoms with van der Waals surface area (Å²) in [6.07, 6.45) is 0.231. The summed E-state index contributed by atoms with van der Waals surface area (Å²) in [5, 5.41) is 7.42. The summed E-state index contributed by atoms with van der Waals surface area (Å²) in [4.78, 5) is 37.8. The summed E-state index contributed by atoms with van der Waals surface area (Å²) >= 11 is 2.39. The predicted octanol–water partition coefficient (Wildman–Crippen LogP) is 2.22. The van der Waals surface area contributed by atoms with Gasteiger partial charge < -0.3 is 15.4 Å². The fourth-order valence-electron chi connectivity index (χ4n) is 2.90. The minimum atomic E-state index is -3.21. The first-order valence-electron chi connectivity index (χ1n) is 8.94. The molecule has 2 aromatic heterocycles. The van der Waals surface area contributed by atoms with Crippen LogP contribution in [0.25, 0.3) is 0 Å². The highest BCUT2D eigenvalue weighted by atomic mass is 32.2. The highest BCUT2D eigenvalue weighted by Crippen LogP contribution is 2.38. The second kappa shape index (κ2) is 9.06. The Morgan fingerprint density at radius 3 is 2.76 bits per heavy atom. The molecule has 8 nitrogen and oxygen atoms in total. The molecule has 0 bridgehead atoms. The molecule has 0 atom stereocenters. The van der Waals surface area contributed by atoms with Crippen LogP contribution in [0.2, 0.25) is 0 Å². The van der Waals surface area contributed by atoms with E-state index in [0.29, 0.717) is 20.3 Å². The van der Waals surface area contributed by atoms with Crippen molar-refractivity contribution in [2.45, 2.75) is 25.5 Å². The Labute approximate surface area is 176 Å². The van der Waals surface area contributed by atoms with Crippen LogP contribution >= 0.6 is 22.7 Å². The summed E-state index contributed by atoms with van der Waals surface area (Å²) in [6.45, 7) is 1.98. The number of amides is 2. The molecule has 0 saturated carbocycles. The molecule has 11 heteroatoms. The number of hydrogen-bond donors (Lipinski definition) is 2. The van der Waals surface area contributed by atoms with Crippen molar-refractivity contribution in [3.8, 4) is 0 Å². The zero-order valence-electron chi connectivity index (χ0n) is 15.6. The number of anilines is 1. The first-order valence-corrected chi connectivity index (χ1v) is 12.5. The topological polar surface area (TPSA) is 119 Å². The molecule has 29 heavy (non-hydrogen) atoms. The van der Waals surface area contributed by atoms with Crippen molar-refractivity contribution in [1.29, 1.82) is 0 Å². The molecule has 3 rings (SSSR count). The molecular formula is C18H20N2O6S3. The largest absolute Gasteiger partial charge is 0.462 e. The van der Waals surface area contributed by atoms with Crippen molar-refractivity contribution in [2.75, 3.05) is 24.2 Å². The van der Waals surface area contributed by atoms with Crippen molar-refractivity contribution in [3.63, 3.8) is 0 Å². The number of thiophene rings is 2. The van der Waals surface area contributed by atoms with E-state index in [2.05, 4.69) is 10.6 Å². The third-order valence-corrected chi connectivity index (χ3v) is 7.97. The van der Waals surface area contributed by atoms with Crippen molar-refractivity contribution >= 4 is 55.3 Å². The monoisotopic (exact) mass is 456 g/mol. The third-order valence-electron chi connectivity index (χ3n) is 4.22. The zero-order valence-corrected chi connectivity index (χ0v) is 18.1. The van der Waals surface area contributed by atoms with Crippen molar-refractivity contribution in [2.24, 2.45) is 0 Å². The maximum Gasteiger partial charge on any atom is 0.341 e. The fourth-order valence-corrected chi connectivity index (χ4v) is 6.60. The molecule has 1 aliphatic heterocycles. The van der Waals surface area contributed by atoms with Crippen LogP contribution in [0.5, 0.6) is 0 Å². The van der Waals surface area contributed by atoms with E-state index in [1.807, 2.05) is 0 Å². The first-order chi connectivity index (χ1) is 13.8. The Morgan fingerprint density at radius 2 is 2.07 bits per heavy atom. The SMILES string of the molecule is CCOC(=O)c1c(NC(=O)CCNC(=O)c2cccs2)sc2c1CCS(=O)(=O)C2. The van der Waals surface area contributed by atoms with E-state index < -0.39 is 15.8 Å². The van der Waals surface area contributed by atoms with Crippen LogP contribution < -0.4 is 10.6 Å². The summed E-state index contributed by atoms with van der Waals surface area (Å²) in [7, 11) is -3.21. The van der Waals surface area contributed by atoms with E-state index in [1.54, 1.807) is 24.4 Å². The standard InChI is InChI=1S/C18H20N2O6S3/c1-2-26-18(23)15-11-6-9-29(24,25)10-13(11)28-17(15)20-14(21)5-7-19-16(22)12-4-3-8-27-12/h3-4,8H,2,5-7,9-10H2,1H3,(H,19,22)(H,20,21). The zero-order chi connectivity index (χ0) is 21.0. The van der Waals surface area contributed by atoms with Gasteiger partial charge in [-0.15, -0.1) is 22.7 Å². The second-order valence-corrected chi connectivity index (χ2v) is 10.5. The van der Waals surface area contributed by atoms with Crippen LogP contribution in [0.4, 0.5) is 5.00 Å². The highest BCUT2D eigenvalue weighted by Gasteiger charge is 2.31. The quantitative estimate of drug-likeness (QED) is 0.617. The van der Waals surface area contributed by atoms with Gasteiger partial charge in [0.05, 0.1) is 28.6 Å². The van der Waals surface area contributed by atoms with Gasteiger partial charge in [0.15, 0.2) is 9.84 Å². The average Bonchev–Trinajstić information content (AvgIpc) is 3.28. The van der Waals surface area contributed by atoms with Gasteiger partial charge in [-0.05, 0) is 30.4 Å². The number of nitrogens with one attached hydrogen (secondary N) is 2. The molecule has 0 fully saturated rings. The Bertz CT molecular complexity index is 1020. The van der Waals surface area contributed by atoms with Gasteiger partial charge in [0.1, 0.15) is 5.00 Å². The predicted molar refractivity (Wildman–Crippen MR) is 111 cm³/mol. The molecule has 0 unspecified atom stereocenters. The molecular weight excluding hydrogens is 436 g/mol. The minimum absolute atomic E-state index is 0.0141. The molecule has 0 spiro atoms. The lowest BCUT2D eigenvalue weighted by molar-refractivity contribution is -0.116. The maximum absolute atomic E-state index is 12.4. The number of carbonyl (C=O) groups is 3. The van der Waals surface area contributed by atoms with E-state index in [4.69, 9.17) is 4.74 Å². The summed E-state index contributed by atoms with van der Waals surface area (Å²) in [6, 6.07) is 3.46. The van der Waals surface area contributed by atoms with Gasteiger partial charge in [0.2, 0.25) is 5.91 Å². The summed E-state index contributed by atoms with van der Waals surface area (Å²) in [5.41, 5.74) is 0.863. The number of hydrogen-bond acceptors (Lipinski definition) is 8. The van der Waals surface area contributed by atoms with Crippen LogP contribution in [0.3, 0.4) is 0 Å². The Morgan fingerprint density at radius 1 is 1.28 bits per heavy atom. The molecule has 0 aliphatic carbocycles. The van der Waals surface area contributed by atoms with Crippen LogP contribution in [0.15, 0.2) is 17.5 Å². The number of ether oxygens (including phenoxy) is 1. The van der Waals surface area contributed by atoms with Crippen LogP contribution in [0.1, 0.15) is 43.8 Å². The normalized spacial score (nSPS) is 14.7. The summed E-state index contributed by atoms with van der Waals surface area (Å²) < 4.78 is 28.9. The van der Waals surface area contributed by atoms with Gasteiger partial charge in [-0.3, -0.25) is 9.59 Å². The first kappa shape index (κ1) is 21.5. The van der Waals surface area contributed by atoms with E-state index in [0.717, 1.165) is 11.3 Å². The van der Waals surface area contributed by atoms with E-state index in [1.165, 1.54) is 11.3 Å². The van der Waals surface area contributed by atoms with Crippen molar-refractivity contribution < 1.29 is 27.5 Å². The molecule has 0 aromatic carbocycles. The van der Waals surface area contributed by atoms with Crippen LogP contribution in [0, 0.1) is 0 Å². The minimum Gasteiger partial charge on any atom is -0.462 e. The van der Waals surface area contributed by atoms with E-state index >= 15 is 0 Å². The molecule has 3 heterocycles. The second-order valence-electron chi connectivity index (χ2n) is 6.30. The van der Waals surface area contributed by atoms with Gasteiger partial charge in [0.25, 0.3) is 5.91 Å². The number of fused-ring (bicyclic) bond motifs is 1. The Balaban J connectivity index is 1.69. The molecule has 2 amide bonds. The lowest BCUT2D eigenvalue weighted by Gasteiger charge is -2.13. The number of rotatable bonds is 7.